The van der Waals surface area contributed by atoms with Gasteiger partial charge in [-0.05, 0) is 35.2 Å². The molecule has 2 N–H and O–H groups in total. The van der Waals surface area contributed by atoms with E-state index in [4.69, 9.17) is 0 Å². The molecule has 4 aromatic rings. The molecule has 0 aliphatic carbocycles. The topological polar surface area (TPSA) is 44.9 Å². The molecule has 0 aliphatic rings. The van der Waals surface area contributed by atoms with Crippen LogP contribution in [-0.4, -0.2) is 17.4 Å². The monoisotopic (exact) mass is 436 g/mol. The van der Waals surface area contributed by atoms with E-state index in [1.807, 2.05) is 54.6 Å². The Bertz CT molecular complexity index is 1200. The number of carbonyl (C=O) groups is 1. The van der Waals surface area contributed by atoms with Gasteiger partial charge in [0.05, 0.1) is 5.56 Å². The summed E-state index contributed by atoms with van der Waals surface area (Å²) in [5, 5.41) is 3.68. The van der Waals surface area contributed by atoms with Crippen molar-refractivity contribution in [1.82, 2.24) is 10.3 Å². The van der Waals surface area contributed by atoms with Gasteiger partial charge >= 0.3 is 6.18 Å². The molecule has 4 rings (SSSR count). The minimum Gasteiger partial charge on any atom is -0.361 e. The molecule has 1 heterocycles. The lowest BCUT2D eigenvalue weighted by Crippen LogP contribution is -2.28. The second-order valence-electron chi connectivity index (χ2n) is 7.72. The number of rotatable bonds is 7. The summed E-state index contributed by atoms with van der Waals surface area (Å²) in [7, 11) is 0. The van der Waals surface area contributed by atoms with E-state index < -0.39 is 17.7 Å². The molecule has 164 valence electrons. The van der Waals surface area contributed by atoms with E-state index in [9.17, 15) is 18.0 Å². The van der Waals surface area contributed by atoms with Crippen LogP contribution in [0.4, 0.5) is 13.2 Å². The van der Waals surface area contributed by atoms with E-state index in [-0.39, 0.29) is 17.9 Å². The molecular formula is C26H23F3N2O. The van der Waals surface area contributed by atoms with E-state index in [0.717, 1.165) is 22.5 Å². The lowest BCUT2D eigenvalue weighted by Gasteiger charge is -2.21. The van der Waals surface area contributed by atoms with Gasteiger partial charge in [-0.1, -0.05) is 66.7 Å². The van der Waals surface area contributed by atoms with Crippen molar-refractivity contribution in [2.24, 2.45) is 0 Å². The number of fused-ring (bicyclic) bond motifs is 1. The number of benzene rings is 3. The van der Waals surface area contributed by atoms with Gasteiger partial charge in [0.2, 0.25) is 5.91 Å². The van der Waals surface area contributed by atoms with Gasteiger partial charge in [0.15, 0.2) is 0 Å². The third-order valence-electron chi connectivity index (χ3n) is 5.61. The normalized spacial score (nSPS) is 12.6. The molecule has 6 heteroatoms. The average molecular weight is 436 g/mol. The highest BCUT2D eigenvalue weighted by atomic mass is 19.4. The second-order valence-corrected chi connectivity index (χ2v) is 7.72. The Morgan fingerprint density at radius 1 is 0.875 bits per heavy atom. The van der Waals surface area contributed by atoms with E-state index in [1.54, 1.807) is 12.3 Å². The number of alkyl halides is 3. The molecule has 1 amide bonds. The molecule has 1 aromatic heterocycles. The quantitative estimate of drug-likeness (QED) is 0.363. The SMILES string of the molecule is O=C(CC(c1ccccc1C(F)(F)F)c1c[nH]c2ccccc12)NCCc1ccccc1. The smallest absolute Gasteiger partial charge is 0.361 e. The molecule has 0 saturated heterocycles. The number of para-hydroxylation sites is 1. The first kappa shape index (κ1) is 21.7. The molecule has 0 aliphatic heterocycles. The fourth-order valence-corrected chi connectivity index (χ4v) is 4.08. The summed E-state index contributed by atoms with van der Waals surface area (Å²) in [6.45, 7) is 0.421. The van der Waals surface area contributed by atoms with E-state index in [1.165, 1.54) is 12.1 Å². The number of halogens is 3. The van der Waals surface area contributed by atoms with Crippen LogP contribution < -0.4 is 5.32 Å². The Balaban J connectivity index is 1.62. The molecule has 0 fully saturated rings. The van der Waals surface area contributed by atoms with Crippen LogP contribution in [0.3, 0.4) is 0 Å². The van der Waals surface area contributed by atoms with E-state index >= 15 is 0 Å². The van der Waals surface area contributed by atoms with Gasteiger partial charge in [0.1, 0.15) is 0 Å². The number of aromatic amines is 1. The van der Waals surface area contributed by atoms with Crippen LogP contribution in [0.1, 0.15) is 34.6 Å². The summed E-state index contributed by atoms with van der Waals surface area (Å²) >= 11 is 0. The van der Waals surface area contributed by atoms with Gasteiger partial charge in [-0.2, -0.15) is 13.2 Å². The number of nitrogens with one attached hydrogen (secondary N) is 2. The maximum Gasteiger partial charge on any atom is 0.416 e. The van der Waals surface area contributed by atoms with Crippen molar-refractivity contribution in [3.8, 4) is 0 Å². The minimum atomic E-state index is -4.51. The van der Waals surface area contributed by atoms with Crippen molar-refractivity contribution >= 4 is 16.8 Å². The summed E-state index contributed by atoms with van der Waals surface area (Å²) in [5.74, 6) is -1.02. The fraction of sp³-hybridized carbons (Fsp3) is 0.192. The zero-order valence-corrected chi connectivity index (χ0v) is 17.3. The Morgan fingerprint density at radius 2 is 1.56 bits per heavy atom. The molecule has 1 atom stereocenters. The van der Waals surface area contributed by atoms with Crippen molar-refractivity contribution in [3.63, 3.8) is 0 Å². The Morgan fingerprint density at radius 3 is 2.34 bits per heavy atom. The predicted octanol–water partition coefficient (Wildman–Crippen LogP) is 6.07. The standard InChI is InChI=1S/C26H23F3N2O/c27-26(28,29)23-12-6-4-10-19(23)21(22-17-31-24-13-7-5-11-20(22)24)16-25(32)30-15-14-18-8-2-1-3-9-18/h1-13,17,21,31H,14-16H2,(H,30,32). The zero-order valence-electron chi connectivity index (χ0n) is 17.3. The predicted molar refractivity (Wildman–Crippen MR) is 119 cm³/mol. The van der Waals surface area contributed by atoms with Crippen LogP contribution in [0.15, 0.2) is 85.1 Å². The number of carbonyl (C=O) groups excluding carboxylic acids is 1. The van der Waals surface area contributed by atoms with Crippen LogP contribution in [0.5, 0.6) is 0 Å². The number of hydrogen-bond donors (Lipinski definition) is 2. The van der Waals surface area contributed by atoms with Gasteiger partial charge < -0.3 is 10.3 Å². The van der Waals surface area contributed by atoms with Crippen LogP contribution in [0.25, 0.3) is 10.9 Å². The summed E-state index contributed by atoms with van der Waals surface area (Å²) in [4.78, 5) is 15.9. The van der Waals surface area contributed by atoms with E-state index in [0.29, 0.717) is 18.5 Å². The van der Waals surface area contributed by atoms with Gasteiger partial charge in [0.25, 0.3) is 0 Å². The summed E-state index contributed by atoms with van der Waals surface area (Å²) in [6.07, 6.45) is -2.22. The molecule has 0 saturated carbocycles. The van der Waals surface area contributed by atoms with Crippen molar-refractivity contribution in [2.75, 3.05) is 6.54 Å². The Hall–Kier alpha value is -3.54. The highest BCUT2D eigenvalue weighted by molar-refractivity contribution is 5.86. The molecule has 0 bridgehead atoms. The first-order valence-electron chi connectivity index (χ1n) is 10.5. The van der Waals surface area contributed by atoms with E-state index in [2.05, 4.69) is 10.3 Å². The molecular weight excluding hydrogens is 413 g/mol. The summed E-state index contributed by atoms with van der Waals surface area (Å²) in [5.41, 5.74) is 1.97. The van der Waals surface area contributed by atoms with Crippen LogP contribution in [-0.2, 0) is 17.4 Å². The molecule has 3 nitrogen and oxygen atoms in total. The van der Waals surface area contributed by atoms with Crippen LogP contribution in [0, 0.1) is 0 Å². The third-order valence-corrected chi connectivity index (χ3v) is 5.61. The Kier molecular flexibility index (Phi) is 6.30. The molecule has 0 spiro atoms. The fourth-order valence-electron chi connectivity index (χ4n) is 4.08. The zero-order chi connectivity index (χ0) is 22.6. The Labute approximate surface area is 184 Å². The lowest BCUT2D eigenvalue weighted by atomic mass is 9.85. The number of amides is 1. The number of H-pyrrole nitrogens is 1. The van der Waals surface area contributed by atoms with Crippen LogP contribution in [0.2, 0.25) is 0 Å². The van der Waals surface area contributed by atoms with Crippen LogP contribution >= 0.6 is 0 Å². The largest absolute Gasteiger partial charge is 0.416 e. The average Bonchev–Trinajstić information content (AvgIpc) is 3.22. The summed E-state index contributed by atoms with van der Waals surface area (Å²) in [6, 6.07) is 22.6. The second kappa shape index (κ2) is 9.30. The van der Waals surface area contributed by atoms with Crippen molar-refractivity contribution in [2.45, 2.75) is 24.9 Å². The van der Waals surface area contributed by atoms with Gasteiger partial charge in [-0.25, -0.2) is 0 Å². The van der Waals surface area contributed by atoms with Gasteiger partial charge in [-0.15, -0.1) is 0 Å². The number of hydrogen-bond acceptors (Lipinski definition) is 1. The first-order valence-corrected chi connectivity index (χ1v) is 10.5. The first-order chi connectivity index (χ1) is 15.4. The molecule has 3 aromatic carbocycles. The highest BCUT2D eigenvalue weighted by Gasteiger charge is 2.36. The molecule has 1 unspecified atom stereocenters. The number of aromatic nitrogens is 1. The van der Waals surface area contributed by atoms with Gasteiger partial charge in [-0.3, -0.25) is 4.79 Å². The summed E-state index contributed by atoms with van der Waals surface area (Å²) < 4.78 is 41.4. The molecule has 32 heavy (non-hydrogen) atoms. The highest BCUT2D eigenvalue weighted by Crippen LogP contribution is 2.40. The van der Waals surface area contributed by atoms with Crippen molar-refractivity contribution in [1.29, 1.82) is 0 Å². The maximum absolute atomic E-state index is 13.8. The molecule has 0 radical (unpaired) electrons. The lowest BCUT2D eigenvalue weighted by molar-refractivity contribution is -0.138. The third kappa shape index (κ3) is 4.85. The maximum atomic E-state index is 13.8. The van der Waals surface area contributed by atoms with Crippen molar-refractivity contribution in [3.05, 3.63) is 107 Å². The van der Waals surface area contributed by atoms with Crippen molar-refractivity contribution < 1.29 is 18.0 Å². The minimum absolute atomic E-state index is 0.0796. The van der Waals surface area contributed by atoms with Gasteiger partial charge in [0, 0.05) is 36.0 Å².